The summed E-state index contributed by atoms with van der Waals surface area (Å²) >= 11 is 0. The van der Waals surface area contributed by atoms with E-state index in [0.717, 1.165) is 25.6 Å². The van der Waals surface area contributed by atoms with E-state index in [4.69, 9.17) is 5.73 Å². The van der Waals surface area contributed by atoms with Crippen LogP contribution >= 0.6 is 0 Å². The standard InChI is InChI=1S/C11H25N3/c1-10(2)14-8-4-11(5-9-14)13-7-3-6-12/h10-11,13H,3-9,12H2,1-2H3. The number of hydrogen-bond acceptors (Lipinski definition) is 3. The molecule has 1 heterocycles. The molecule has 0 bridgehead atoms. The molecule has 3 N–H and O–H groups in total. The normalized spacial score (nSPS) is 20.6. The Hall–Kier alpha value is -0.120. The topological polar surface area (TPSA) is 41.3 Å². The van der Waals surface area contributed by atoms with Gasteiger partial charge < -0.3 is 16.0 Å². The lowest BCUT2D eigenvalue weighted by molar-refractivity contribution is 0.161. The van der Waals surface area contributed by atoms with Crippen molar-refractivity contribution in [2.45, 2.75) is 45.2 Å². The van der Waals surface area contributed by atoms with Crippen LogP contribution in [0.3, 0.4) is 0 Å². The Morgan fingerprint density at radius 2 is 2.00 bits per heavy atom. The lowest BCUT2D eigenvalue weighted by Gasteiger charge is -2.35. The van der Waals surface area contributed by atoms with Crippen molar-refractivity contribution in [3.63, 3.8) is 0 Å². The van der Waals surface area contributed by atoms with Crippen molar-refractivity contribution >= 4 is 0 Å². The zero-order valence-electron chi connectivity index (χ0n) is 9.63. The Kier molecular flexibility index (Phi) is 5.45. The van der Waals surface area contributed by atoms with Crippen LogP contribution < -0.4 is 11.1 Å². The molecule has 1 saturated heterocycles. The third kappa shape index (κ3) is 3.95. The van der Waals surface area contributed by atoms with Crippen molar-refractivity contribution < 1.29 is 0 Å². The molecule has 0 amide bonds. The number of piperidine rings is 1. The van der Waals surface area contributed by atoms with Crippen molar-refractivity contribution in [3.05, 3.63) is 0 Å². The molecule has 1 fully saturated rings. The molecule has 14 heavy (non-hydrogen) atoms. The summed E-state index contributed by atoms with van der Waals surface area (Å²) in [4.78, 5) is 2.56. The van der Waals surface area contributed by atoms with E-state index in [1.807, 2.05) is 0 Å². The van der Waals surface area contributed by atoms with Gasteiger partial charge in [-0.3, -0.25) is 0 Å². The zero-order chi connectivity index (χ0) is 10.4. The highest BCUT2D eigenvalue weighted by Crippen LogP contribution is 2.12. The minimum absolute atomic E-state index is 0.708. The number of rotatable bonds is 5. The van der Waals surface area contributed by atoms with Crippen molar-refractivity contribution in [1.82, 2.24) is 10.2 Å². The summed E-state index contributed by atoms with van der Waals surface area (Å²) in [5.74, 6) is 0. The first-order chi connectivity index (χ1) is 6.74. The molecule has 0 spiro atoms. The molecule has 3 nitrogen and oxygen atoms in total. The Balaban J connectivity index is 2.09. The van der Waals surface area contributed by atoms with Crippen molar-refractivity contribution in [1.29, 1.82) is 0 Å². The number of hydrogen-bond donors (Lipinski definition) is 2. The van der Waals surface area contributed by atoms with Crippen LogP contribution in [0.4, 0.5) is 0 Å². The van der Waals surface area contributed by atoms with Gasteiger partial charge in [-0.2, -0.15) is 0 Å². The van der Waals surface area contributed by atoms with E-state index in [-0.39, 0.29) is 0 Å². The maximum Gasteiger partial charge on any atom is 0.00914 e. The Labute approximate surface area is 88.0 Å². The minimum Gasteiger partial charge on any atom is -0.330 e. The molecule has 1 rings (SSSR count). The van der Waals surface area contributed by atoms with Gasteiger partial charge in [0, 0.05) is 12.1 Å². The predicted octanol–water partition coefficient (Wildman–Crippen LogP) is 0.798. The quantitative estimate of drug-likeness (QED) is 0.644. The van der Waals surface area contributed by atoms with Gasteiger partial charge in [-0.05, 0) is 59.3 Å². The largest absolute Gasteiger partial charge is 0.330 e. The average molecular weight is 199 g/mol. The summed E-state index contributed by atoms with van der Waals surface area (Å²) in [6.45, 7) is 8.95. The second-order valence-corrected chi connectivity index (χ2v) is 4.50. The first kappa shape index (κ1) is 12.0. The van der Waals surface area contributed by atoms with Crippen LogP contribution in [0.25, 0.3) is 0 Å². The molecule has 0 unspecified atom stereocenters. The molecule has 0 atom stereocenters. The second kappa shape index (κ2) is 6.38. The summed E-state index contributed by atoms with van der Waals surface area (Å²) in [7, 11) is 0. The van der Waals surface area contributed by atoms with Gasteiger partial charge in [0.1, 0.15) is 0 Å². The molecule has 84 valence electrons. The highest BCUT2D eigenvalue weighted by Gasteiger charge is 2.19. The second-order valence-electron chi connectivity index (χ2n) is 4.50. The average Bonchev–Trinajstić information content (AvgIpc) is 2.19. The van der Waals surface area contributed by atoms with Crippen LogP contribution in [-0.2, 0) is 0 Å². The number of nitrogens with zero attached hydrogens (tertiary/aromatic N) is 1. The maximum atomic E-state index is 5.46. The van der Waals surface area contributed by atoms with E-state index in [2.05, 4.69) is 24.1 Å². The number of nitrogens with one attached hydrogen (secondary N) is 1. The summed E-state index contributed by atoms with van der Waals surface area (Å²) in [5, 5.41) is 3.58. The first-order valence-corrected chi connectivity index (χ1v) is 5.91. The first-order valence-electron chi connectivity index (χ1n) is 5.91. The fourth-order valence-electron chi connectivity index (χ4n) is 2.03. The van der Waals surface area contributed by atoms with Crippen LogP contribution in [0.5, 0.6) is 0 Å². The maximum absolute atomic E-state index is 5.46. The highest BCUT2D eigenvalue weighted by atomic mass is 15.2. The van der Waals surface area contributed by atoms with E-state index >= 15 is 0 Å². The van der Waals surface area contributed by atoms with Gasteiger partial charge >= 0.3 is 0 Å². The molecule has 0 aromatic heterocycles. The van der Waals surface area contributed by atoms with Gasteiger partial charge in [0.15, 0.2) is 0 Å². The monoisotopic (exact) mass is 199 g/mol. The van der Waals surface area contributed by atoms with E-state index in [1.165, 1.54) is 25.9 Å². The smallest absolute Gasteiger partial charge is 0.00914 e. The molecule has 3 heteroatoms. The van der Waals surface area contributed by atoms with Crippen LogP contribution in [0.15, 0.2) is 0 Å². The van der Waals surface area contributed by atoms with Crippen LogP contribution in [-0.4, -0.2) is 43.2 Å². The third-order valence-corrected chi connectivity index (χ3v) is 3.07. The Morgan fingerprint density at radius 3 is 2.50 bits per heavy atom. The van der Waals surface area contributed by atoms with Crippen LogP contribution in [0.2, 0.25) is 0 Å². The van der Waals surface area contributed by atoms with E-state index in [9.17, 15) is 0 Å². The predicted molar refractivity (Wildman–Crippen MR) is 61.4 cm³/mol. The van der Waals surface area contributed by atoms with Crippen molar-refractivity contribution in [2.24, 2.45) is 5.73 Å². The van der Waals surface area contributed by atoms with Gasteiger partial charge in [0.05, 0.1) is 0 Å². The summed E-state index contributed by atoms with van der Waals surface area (Å²) in [6, 6.07) is 1.44. The molecule has 1 aliphatic heterocycles. The molecular formula is C11H25N3. The Morgan fingerprint density at radius 1 is 1.36 bits per heavy atom. The van der Waals surface area contributed by atoms with Gasteiger partial charge in [-0.15, -0.1) is 0 Å². The van der Waals surface area contributed by atoms with Crippen LogP contribution in [0, 0.1) is 0 Å². The summed E-state index contributed by atoms with van der Waals surface area (Å²) in [6.07, 6.45) is 3.69. The molecule has 0 aliphatic carbocycles. The lowest BCUT2D eigenvalue weighted by Crippen LogP contribution is -2.45. The van der Waals surface area contributed by atoms with Gasteiger partial charge in [-0.1, -0.05) is 0 Å². The van der Waals surface area contributed by atoms with Crippen LogP contribution in [0.1, 0.15) is 33.1 Å². The summed E-state index contributed by atoms with van der Waals surface area (Å²) in [5.41, 5.74) is 5.46. The summed E-state index contributed by atoms with van der Waals surface area (Å²) < 4.78 is 0. The van der Waals surface area contributed by atoms with Gasteiger partial charge in [0.25, 0.3) is 0 Å². The molecule has 0 aromatic carbocycles. The fourth-order valence-corrected chi connectivity index (χ4v) is 2.03. The van der Waals surface area contributed by atoms with Crippen molar-refractivity contribution in [2.75, 3.05) is 26.2 Å². The molecule has 0 aromatic rings. The zero-order valence-corrected chi connectivity index (χ0v) is 9.63. The van der Waals surface area contributed by atoms with E-state index in [1.54, 1.807) is 0 Å². The molecule has 0 radical (unpaired) electrons. The van der Waals surface area contributed by atoms with Crippen molar-refractivity contribution in [3.8, 4) is 0 Å². The van der Waals surface area contributed by atoms with Gasteiger partial charge in [-0.25, -0.2) is 0 Å². The lowest BCUT2D eigenvalue weighted by atomic mass is 10.0. The Bertz CT molecular complexity index is 139. The molecule has 0 saturated carbocycles. The third-order valence-electron chi connectivity index (χ3n) is 3.07. The molecular weight excluding hydrogens is 174 g/mol. The highest BCUT2D eigenvalue weighted by molar-refractivity contribution is 4.78. The van der Waals surface area contributed by atoms with E-state index in [0.29, 0.717) is 6.04 Å². The number of nitrogens with two attached hydrogens (primary N) is 1. The van der Waals surface area contributed by atoms with E-state index < -0.39 is 0 Å². The molecule has 1 aliphatic rings. The SMILES string of the molecule is CC(C)N1CCC(NCCCN)CC1. The minimum atomic E-state index is 0.708. The van der Waals surface area contributed by atoms with Gasteiger partial charge in [0.2, 0.25) is 0 Å². The fraction of sp³-hybridized carbons (Fsp3) is 1.00. The number of likely N-dealkylation sites (tertiary alicyclic amines) is 1.